The van der Waals surface area contributed by atoms with Gasteiger partial charge in [0.2, 0.25) is 0 Å². The van der Waals surface area contributed by atoms with Crippen LogP contribution in [0.1, 0.15) is 5.56 Å². The second kappa shape index (κ2) is 3.96. The maximum absolute atomic E-state index is 13.4. The highest BCUT2D eigenvalue weighted by Crippen LogP contribution is 2.25. The molecule has 5 heteroatoms. The normalized spacial score (nSPS) is 11.1. The van der Waals surface area contributed by atoms with Gasteiger partial charge in [0.05, 0.1) is 13.4 Å². The van der Waals surface area contributed by atoms with Gasteiger partial charge in [-0.25, -0.2) is 8.78 Å². The van der Waals surface area contributed by atoms with Crippen molar-refractivity contribution in [3.05, 3.63) is 35.6 Å². The van der Waals surface area contributed by atoms with E-state index in [9.17, 15) is 8.78 Å². The first-order chi connectivity index (χ1) is 7.24. The van der Waals surface area contributed by atoms with Crippen molar-refractivity contribution in [3.8, 4) is 0 Å². The molecule has 15 heavy (non-hydrogen) atoms. The zero-order valence-corrected chi connectivity index (χ0v) is 8.01. The molecule has 0 aliphatic heterocycles. The zero-order valence-electron chi connectivity index (χ0n) is 8.01. The van der Waals surface area contributed by atoms with E-state index >= 15 is 0 Å². The standard InChI is InChI=1S/C10H9F2NO2/c1-14-13-5-7-6-2-3-15-10(6)9(12)4-8(7)11/h2-4,13H,5H2,1H3. The number of hydroxylamine groups is 1. The number of furan rings is 1. The minimum atomic E-state index is -0.700. The van der Waals surface area contributed by atoms with E-state index in [1.54, 1.807) is 0 Å². The highest BCUT2D eigenvalue weighted by Gasteiger charge is 2.14. The third-order valence-corrected chi connectivity index (χ3v) is 2.14. The van der Waals surface area contributed by atoms with Crippen molar-refractivity contribution in [2.45, 2.75) is 6.54 Å². The molecule has 3 nitrogen and oxygen atoms in total. The summed E-state index contributed by atoms with van der Waals surface area (Å²) in [5.41, 5.74) is 2.88. The van der Waals surface area contributed by atoms with E-state index < -0.39 is 11.6 Å². The van der Waals surface area contributed by atoms with Crippen molar-refractivity contribution in [2.24, 2.45) is 0 Å². The predicted molar refractivity (Wildman–Crippen MR) is 50.0 cm³/mol. The lowest BCUT2D eigenvalue weighted by Crippen LogP contribution is -2.12. The van der Waals surface area contributed by atoms with Crippen LogP contribution in [0.4, 0.5) is 8.78 Å². The molecule has 1 aromatic carbocycles. The smallest absolute Gasteiger partial charge is 0.170 e. The van der Waals surface area contributed by atoms with Crippen LogP contribution < -0.4 is 5.48 Å². The summed E-state index contributed by atoms with van der Waals surface area (Å²) in [6.45, 7) is 0.151. The van der Waals surface area contributed by atoms with Gasteiger partial charge in [-0.1, -0.05) is 0 Å². The largest absolute Gasteiger partial charge is 0.461 e. The van der Waals surface area contributed by atoms with Crippen molar-refractivity contribution in [3.63, 3.8) is 0 Å². The maximum Gasteiger partial charge on any atom is 0.170 e. The van der Waals surface area contributed by atoms with Gasteiger partial charge >= 0.3 is 0 Å². The molecule has 80 valence electrons. The van der Waals surface area contributed by atoms with Crippen molar-refractivity contribution in [1.82, 2.24) is 5.48 Å². The number of benzene rings is 1. The van der Waals surface area contributed by atoms with Gasteiger partial charge in [0.1, 0.15) is 5.82 Å². The van der Waals surface area contributed by atoms with Crippen LogP contribution in [0.2, 0.25) is 0 Å². The molecule has 2 rings (SSSR count). The van der Waals surface area contributed by atoms with Crippen molar-refractivity contribution >= 4 is 11.0 Å². The summed E-state index contributed by atoms with van der Waals surface area (Å²) in [5, 5.41) is 0.414. The van der Waals surface area contributed by atoms with E-state index in [2.05, 4.69) is 10.3 Å². The molecule has 1 aromatic heterocycles. The second-order valence-electron chi connectivity index (χ2n) is 3.01. The lowest BCUT2D eigenvalue weighted by molar-refractivity contribution is 0.0862. The molecule has 0 atom stereocenters. The Morgan fingerprint density at radius 2 is 2.20 bits per heavy atom. The predicted octanol–water partition coefficient (Wildman–Crippen LogP) is 2.36. The van der Waals surface area contributed by atoms with E-state index in [1.165, 1.54) is 19.4 Å². The lowest BCUT2D eigenvalue weighted by Gasteiger charge is -2.05. The minimum absolute atomic E-state index is 0.0595. The number of hydrogen-bond donors (Lipinski definition) is 1. The molecule has 1 N–H and O–H groups in total. The van der Waals surface area contributed by atoms with Crippen LogP contribution in [0, 0.1) is 11.6 Å². The summed E-state index contributed by atoms with van der Waals surface area (Å²) >= 11 is 0. The highest BCUT2D eigenvalue weighted by molar-refractivity contribution is 5.81. The molecule has 1 heterocycles. The van der Waals surface area contributed by atoms with Crippen LogP contribution in [0.3, 0.4) is 0 Å². The number of halogens is 2. The molecule has 0 unspecified atom stereocenters. The molecule has 2 aromatic rings. The summed E-state index contributed by atoms with van der Waals surface area (Å²) in [4.78, 5) is 4.62. The Morgan fingerprint density at radius 1 is 1.40 bits per heavy atom. The fraction of sp³-hybridized carbons (Fsp3) is 0.200. The van der Waals surface area contributed by atoms with Gasteiger partial charge in [0.15, 0.2) is 11.4 Å². The van der Waals surface area contributed by atoms with Gasteiger partial charge in [-0.3, -0.25) is 0 Å². The van der Waals surface area contributed by atoms with Gasteiger partial charge < -0.3 is 9.25 Å². The first-order valence-corrected chi connectivity index (χ1v) is 4.34. The van der Waals surface area contributed by atoms with E-state index in [0.29, 0.717) is 10.9 Å². The van der Waals surface area contributed by atoms with E-state index in [0.717, 1.165) is 6.07 Å². The third-order valence-electron chi connectivity index (χ3n) is 2.14. The maximum atomic E-state index is 13.4. The van der Waals surface area contributed by atoms with Crippen LogP contribution in [0.15, 0.2) is 22.8 Å². The van der Waals surface area contributed by atoms with Crippen molar-refractivity contribution in [1.29, 1.82) is 0 Å². The first-order valence-electron chi connectivity index (χ1n) is 4.34. The average molecular weight is 213 g/mol. The molecular formula is C10H9F2NO2. The molecule has 0 aliphatic carbocycles. The Kier molecular flexibility index (Phi) is 2.66. The Labute approximate surface area is 84.6 Å². The average Bonchev–Trinajstić information content (AvgIpc) is 2.66. The Morgan fingerprint density at radius 3 is 2.93 bits per heavy atom. The van der Waals surface area contributed by atoms with Crippen LogP contribution >= 0.6 is 0 Å². The topological polar surface area (TPSA) is 34.4 Å². The molecule has 0 radical (unpaired) electrons. The number of nitrogens with one attached hydrogen (secondary N) is 1. The lowest BCUT2D eigenvalue weighted by atomic mass is 10.1. The summed E-state index contributed by atoms with van der Waals surface area (Å²) in [6.07, 6.45) is 1.32. The van der Waals surface area contributed by atoms with E-state index in [1.807, 2.05) is 0 Å². The zero-order chi connectivity index (χ0) is 10.8. The number of rotatable bonds is 3. The van der Waals surface area contributed by atoms with Crippen LogP contribution in [0.5, 0.6) is 0 Å². The Hall–Kier alpha value is -1.46. The molecule has 0 spiro atoms. The van der Waals surface area contributed by atoms with Gasteiger partial charge in [-0.2, -0.15) is 5.48 Å². The fourth-order valence-corrected chi connectivity index (χ4v) is 1.45. The Balaban J connectivity index is 2.55. The fourth-order valence-electron chi connectivity index (χ4n) is 1.45. The molecule has 0 bridgehead atoms. The summed E-state index contributed by atoms with van der Waals surface area (Å²) < 4.78 is 31.5. The van der Waals surface area contributed by atoms with Gasteiger partial charge in [-0.05, 0) is 6.07 Å². The summed E-state index contributed by atoms with van der Waals surface area (Å²) in [5.74, 6) is -1.32. The Bertz CT molecular complexity index is 481. The van der Waals surface area contributed by atoms with Crippen molar-refractivity contribution < 1.29 is 18.0 Å². The molecular weight excluding hydrogens is 204 g/mol. The SMILES string of the molecule is CONCc1c(F)cc(F)c2occc12. The molecule has 0 amide bonds. The van der Waals surface area contributed by atoms with Crippen LogP contribution in [-0.2, 0) is 11.4 Å². The van der Waals surface area contributed by atoms with Crippen LogP contribution in [0.25, 0.3) is 11.0 Å². The number of hydrogen-bond acceptors (Lipinski definition) is 3. The first kappa shape index (κ1) is 10.1. The van der Waals surface area contributed by atoms with E-state index in [4.69, 9.17) is 4.42 Å². The summed E-state index contributed by atoms with van der Waals surface area (Å²) in [6, 6.07) is 2.33. The summed E-state index contributed by atoms with van der Waals surface area (Å²) in [7, 11) is 1.42. The van der Waals surface area contributed by atoms with E-state index in [-0.39, 0.29) is 12.1 Å². The second-order valence-corrected chi connectivity index (χ2v) is 3.01. The van der Waals surface area contributed by atoms with Gasteiger partial charge in [-0.15, -0.1) is 0 Å². The molecule has 0 aliphatic rings. The van der Waals surface area contributed by atoms with Crippen LogP contribution in [-0.4, -0.2) is 7.11 Å². The quantitative estimate of drug-likeness (QED) is 0.795. The number of fused-ring (bicyclic) bond motifs is 1. The third kappa shape index (κ3) is 1.71. The molecule has 0 saturated heterocycles. The van der Waals surface area contributed by atoms with Gasteiger partial charge in [0, 0.05) is 23.6 Å². The molecule has 0 fully saturated rings. The molecule has 0 saturated carbocycles. The van der Waals surface area contributed by atoms with Crippen molar-refractivity contribution in [2.75, 3.05) is 7.11 Å². The van der Waals surface area contributed by atoms with Gasteiger partial charge in [0.25, 0.3) is 0 Å². The minimum Gasteiger partial charge on any atom is -0.461 e. The highest BCUT2D eigenvalue weighted by atomic mass is 19.1. The monoisotopic (exact) mass is 213 g/mol.